The van der Waals surface area contributed by atoms with Crippen molar-refractivity contribution in [2.45, 2.75) is 0 Å². The third-order valence-corrected chi connectivity index (χ3v) is 3.48. The van der Waals surface area contributed by atoms with E-state index in [0.29, 0.717) is 11.3 Å². The van der Waals surface area contributed by atoms with E-state index in [1.807, 2.05) is 36.4 Å². The number of carbonyl (C=O) groups is 1. The summed E-state index contributed by atoms with van der Waals surface area (Å²) in [4.78, 5) is 12.7. The third-order valence-electron chi connectivity index (χ3n) is 3.48. The van der Waals surface area contributed by atoms with Crippen LogP contribution in [0.3, 0.4) is 0 Å². The molecule has 3 nitrogen and oxygen atoms in total. The molecule has 3 rings (SSSR count). The molecule has 0 bridgehead atoms. The summed E-state index contributed by atoms with van der Waals surface area (Å²) < 4.78 is 5.03. The minimum absolute atomic E-state index is 0.0766. The van der Waals surface area contributed by atoms with Gasteiger partial charge in [-0.3, -0.25) is 4.79 Å². The number of hydrogen-bond donors (Lipinski definition) is 1. The molecule has 0 spiro atoms. The summed E-state index contributed by atoms with van der Waals surface area (Å²) in [6.45, 7) is 0. The number of methoxy groups -OCH3 is 1. The fourth-order valence-corrected chi connectivity index (χ4v) is 2.40. The normalized spacial score (nSPS) is 10.5. The Balaban J connectivity index is 2.13. The maximum Gasteiger partial charge on any atom is 0.197 e. The second-order valence-electron chi connectivity index (χ2n) is 4.74. The van der Waals surface area contributed by atoms with Gasteiger partial charge >= 0.3 is 0 Å². The van der Waals surface area contributed by atoms with Gasteiger partial charge in [-0.05, 0) is 22.9 Å². The van der Waals surface area contributed by atoms with Gasteiger partial charge < -0.3 is 9.84 Å². The van der Waals surface area contributed by atoms with Crippen molar-refractivity contribution in [2.24, 2.45) is 0 Å². The first-order chi connectivity index (χ1) is 10.2. The third kappa shape index (κ3) is 2.34. The van der Waals surface area contributed by atoms with Gasteiger partial charge in [-0.15, -0.1) is 0 Å². The fourth-order valence-electron chi connectivity index (χ4n) is 2.40. The predicted octanol–water partition coefficient (Wildman–Crippen LogP) is 3.79. The number of ether oxygens (including phenoxy) is 1. The Morgan fingerprint density at radius 1 is 0.952 bits per heavy atom. The summed E-state index contributed by atoms with van der Waals surface area (Å²) in [5.41, 5.74) is 0.848. The highest BCUT2D eigenvalue weighted by atomic mass is 16.5. The molecule has 0 amide bonds. The summed E-state index contributed by atoms with van der Waals surface area (Å²) in [5, 5.41) is 11.9. The standard InChI is InChI=1S/C18H14O3/c1-21-13-9-10-16(17(19)11-13)18(20)15-8-4-6-12-5-2-3-7-14(12)15/h2-11,19H,1H3. The second kappa shape index (κ2) is 5.29. The van der Waals surface area contributed by atoms with Crippen molar-refractivity contribution in [3.8, 4) is 11.5 Å². The molecule has 0 saturated carbocycles. The summed E-state index contributed by atoms with van der Waals surface area (Å²) in [7, 11) is 1.51. The Morgan fingerprint density at radius 2 is 1.71 bits per heavy atom. The lowest BCUT2D eigenvalue weighted by Crippen LogP contribution is -2.02. The van der Waals surface area contributed by atoms with Crippen molar-refractivity contribution < 1.29 is 14.6 Å². The van der Waals surface area contributed by atoms with Gasteiger partial charge in [0.2, 0.25) is 0 Å². The highest BCUT2D eigenvalue weighted by Crippen LogP contribution is 2.28. The first-order valence-electron chi connectivity index (χ1n) is 6.60. The Morgan fingerprint density at radius 3 is 2.48 bits per heavy atom. The molecule has 0 heterocycles. The molecular weight excluding hydrogens is 264 g/mol. The molecule has 0 aromatic heterocycles. The maximum atomic E-state index is 12.7. The van der Waals surface area contributed by atoms with Crippen LogP contribution in [-0.4, -0.2) is 18.0 Å². The molecule has 0 unspecified atom stereocenters. The van der Waals surface area contributed by atoms with Gasteiger partial charge in [-0.2, -0.15) is 0 Å². The Labute approximate surface area is 122 Å². The lowest BCUT2D eigenvalue weighted by atomic mass is 9.97. The number of hydrogen-bond acceptors (Lipinski definition) is 3. The van der Waals surface area contributed by atoms with Crippen LogP contribution < -0.4 is 4.74 Å². The average molecular weight is 278 g/mol. The van der Waals surface area contributed by atoms with Crippen molar-refractivity contribution in [2.75, 3.05) is 7.11 Å². The van der Waals surface area contributed by atoms with E-state index in [2.05, 4.69) is 0 Å². The molecule has 3 aromatic rings. The smallest absolute Gasteiger partial charge is 0.197 e. The first-order valence-corrected chi connectivity index (χ1v) is 6.60. The van der Waals surface area contributed by atoms with Gasteiger partial charge in [0.05, 0.1) is 12.7 Å². The minimum Gasteiger partial charge on any atom is -0.507 e. The number of ketones is 1. The topological polar surface area (TPSA) is 46.5 Å². The fraction of sp³-hybridized carbons (Fsp3) is 0.0556. The highest BCUT2D eigenvalue weighted by molar-refractivity contribution is 6.17. The molecule has 0 aliphatic heterocycles. The van der Waals surface area contributed by atoms with Gasteiger partial charge in [-0.1, -0.05) is 42.5 Å². The van der Waals surface area contributed by atoms with E-state index in [-0.39, 0.29) is 17.1 Å². The van der Waals surface area contributed by atoms with Crippen LogP contribution in [0.4, 0.5) is 0 Å². The number of carbonyl (C=O) groups excluding carboxylic acids is 1. The summed E-state index contributed by atoms with van der Waals surface area (Å²) in [6, 6.07) is 18.0. The van der Waals surface area contributed by atoms with Crippen molar-refractivity contribution >= 4 is 16.6 Å². The lowest BCUT2D eigenvalue weighted by Gasteiger charge is -2.08. The van der Waals surface area contributed by atoms with E-state index < -0.39 is 0 Å². The Hall–Kier alpha value is -2.81. The van der Waals surface area contributed by atoms with Crippen LogP contribution in [0.5, 0.6) is 11.5 Å². The molecule has 0 saturated heterocycles. The Bertz CT molecular complexity index is 816. The van der Waals surface area contributed by atoms with Gasteiger partial charge in [-0.25, -0.2) is 0 Å². The number of fused-ring (bicyclic) bond motifs is 1. The van der Waals surface area contributed by atoms with E-state index in [1.165, 1.54) is 13.2 Å². The van der Waals surface area contributed by atoms with Crippen LogP contribution >= 0.6 is 0 Å². The largest absolute Gasteiger partial charge is 0.507 e. The van der Waals surface area contributed by atoms with Gasteiger partial charge in [0, 0.05) is 11.6 Å². The predicted molar refractivity (Wildman–Crippen MR) is 82.0 cm³/mol. The Kier molecular flexibility index (Phi) is 3.32. The molecule has 21 heavy (non-hydrogen) atoms. The molecule has 0 fully saturated rings. The van der Waals surface area contributed by atoms with Crippen molar-refractivity contribution in [3.63, 3.8) is 0 Å². The number of phenols is 1. The first kappa shape index (κ1) is 13.2. The summed E-state index contributed by atoms with van der Waals surface area (Å²) in [6.07, 6.45) is 0. The molecular formula is C18H14O3. The zero-order valence-electron chi connectivity index (χ0n) is 11.5. The van der Waals surface area contributed by atoms with Crippen LogP contribution in [0, 0.1) is 0 Å². The van der Waals surface area contributed by atoms with E-state index in [1.54, 1.807) is 18.2 Å². The molecule has 0 aliphatic carbocycles. The maximum absolute atomic E-state index is 12.7. The molecule has 1 N–H and O–H groups in total. The summed E-state index contributed by atoms with van der Waals surface area (Å²) >= 11 is 0. The monoisotopic (exact) mass is 278 g/mol. The molecule has 3 aromatic carbocycles. The number of phenolic OH excluding ortho intramolecular Hbond substituents is 1. The van der Waals surface area contributed by atoms with E-state index >= 15 is 0 Å². The zero-order chi connectivity index (χ0) is 14.8. The van der Waals surface area contributed by atoms with Crippen molar-refractivity contribution in [1.82, 2.24) is 0 Å². The molecule has 0 atom stereocenters. The average Bonchev–Trinajstić information content (AvgIpc) is 2.53. The SMILES string of the molecule is COc1ccc(C(=O)c2cccc3ccccc23)c(O)c1. The quantitative estimate of drug-likeness (QED) is 0.741. The van der Waals surface area contributed by atoms with Crippen molar-refractivity contribution in [3.05, 3.63) is 71.8 Å². The van der Waals surface area contributed by atoms with Crippen molar-refractivity contribution in [1.29, 1.82) is 0 Å². The van der Waals surface area contributed by atoms with E-state index in [9.17, 15) is 9.90 Å². The van der Waals surface area contributed by atoms with E-state index in [4.69, 9.17) is 4.74 Å². The summed E-state index contributed by atoms with van der Waals surface area (Å²) in [5.74, 6) is 0.237. The number of aromatic hydroxyl groups is 1. The van der Waals surface area contributed by atoms with Crippen LogP contribution in [0.25, 0.3) is 10.8 Å². The van der Waals surface area contributed by atoms with Crippen LogP contribution in [0.1, 0.15) is 15.9 Å². The molecule has 3 heteroatoms. The zero-order valence-corrected chi connectivity index (χ0v) is 11.5. The molecule has 104 valence electrons. The molecule has 0 radical (unpaired) electrons. The van der Waals surface area contributed by atoms with Gasteiger partial charge in [0.25, 0.3) is 0 Å². The van der Waals surface area contributed by atoms with Crippen LogP contribution in [0.2, 0.25) is 0 Å². The highest BCUT2D eigenvalue weighted by Gasteiger charge is 2.16. The number of benzene rings is 3. The van der Waals surface area contributed by atoms with Crippen LogP contribution in [0.15, 0.2) is 60.7 Å². The number of rotatable bonds is 3. The minimum atomic E-state index is -0.202. The van der Waals surface area contributed by atoms with Gasteiger partial charge in [0.15, 0.2) is 5.78 Å². The second-order valence-corrected chi connectivity index (χ2v) is 4.74. The molecule has 0 aliphatic rings. The van der Waals surface area contributed by atoms with Gasteiger partial charge in [0.1, 0.15) is 11.5 Å². The van der Waals surface area contributed by atoms with E-state index in [0.717, 1.165) is 10.8 Å². The van der Waals surface area contributed by atoms with Crippen LogP contribution in [-0.2, 0) is 0 Å². The lowest BCUT2D eigenvalue weighted by molar-refractivity contribution is 0.103.